The molecule has 0 radical (unpaired) electrons. The number of aromatic nitrogens is 3. The van der Waals surface area contributed by atoms with Crippen LogP contribution in [-0.4, -0.2) is 21.1 Å². The van der Waals surface area contributed by atoms with Crippen molar-refractivity contribution in [2.24, 2.45) is 5.73 Å². The SMILES string of the molecule is NC(=O)C1(c2ccc(-c3nc4c(cc3-c3ccccc3)-c3[nH]ncc3CCC4)cc2)CCC1. The predicted molar refractivity (Wildman–Crippen MR) is 129 cm³/mol. The van der Waals surface area contributed by atoms with Crippen LogP contribution >= 0.6 is 0 Å². The first-order valence-corrected chi connectivity index (χ1v) is 11.7. The van der Waals surface area contributed by atoms with Gasteiger partial charge in [-0.05, 0) is 54.9 Å². The first kappa shape index (κ1) is 19.9. The van der Waals surface area contributed by atoms with Crippen LogP contribution in [0.4, 0.5) is 0 Å². The third-order valence-electron chi connectivity index (χ3n) is 7.42. The van der Waals surface area contributed by atoms with Crippen LogP contribution in [0.3, 0.4) is 0 Å². The molecule has 2 heterocycles. The minimum Gasteiger partial charge on any atom is -0.369 e. The highest BCUT2D eigenvalue weighted by molar-refractivity contribution is 5.89. The third kappa shape index (κ3) is 3.18. The summed E-state index contributed by atoms with van der Waals surface area (Å²) in [6.45, 7) is 0. The van der Waals surface area contributed by atoms with Crippen molar-refractivity contribution in [3.05, 3.63) is 83.7 Å². The fourth-order valence-electron chi connectivity index (χ4n) is 5.35. The van der Waals surface area contributed by atoms with Crippen molar-refractivity contribution in [3.63, 3.8) is 0 Å². The number of hydrogen-bond acceptors (Lipinski definition) is 3. The Morgan fingerprint density at radius 1 is 0.909 bits per heavy atom. The average Bonchev–Trinajstić information content (AvgIpc) is 3.20. The Morgan fingerprint density at radius 2 is 1.70 bits per heavy atom. The van der Waals surface area contributed by atoms with Gasteiger partial charge < -0.3 is 5.73 Å². The molecular formula is C28H26N4O. The molecule has 33 heavy (non-hydrogen) atoms. The third-order valence-corrected chi connectivity index (χ3v) is 7.42. The van der Waals surface area contributed by atoms with Crippen LogP contribution < -0.4 is 5.73 Å². The summed E-state index contributed by atoms with van der Waals surface area (Å²) in [5.41, 5.74) is 15.1. The van der Waals surface area contributed by atoms with Crippen LogP contribution in [0.1, 0.15) is 42.5 Å². The number of nitrogens with one attached hydrogen (secondary N) is 1. The molecule has 0 bridgehead atoms. The van der Waals surface area contributed by atoms with Crippen molar-refractivity contribution in [2.45, 2.75) is 43.9 Å². The van der Waals surface area contributed by atoms with Crippen LogP contribution in [0, 0.1) is 0 Å². The van der Waals surface area contributed by atoms with Crippen LogP contribution in [-0.2, 0) is 23.1 Å². The lowest BCUT2D eigenvalue weighted by atomic mass is 9.64. The molecule has 5 heteroatoms. The van der Waals surface area contributed by atoms with E-state index in [2.05, 4.69) is 64.8 Å². The summed E-state index contributed by atoms with van der Waals surface area (Å²) in [5.74, 6) is -0.218. The number of nitrogens with zero attached hydrogens (tertiary/aromatic N) is 2. The molecule has 1 fully saturated rings. The maximum atomic E-state index is 12.2. The molecule has 0 atom stereocenters. The minimum absolute atomic E-state index is 0.218. The van der Waals surface area contributed by atoms with Gasteiger partial charge in [-0.2, -0.15) is 5.10 Å². The quantitative estimate of drug-likeness (QED) is 0.463. The molecule has 1 saturated carbocycles. The monoisotopic (exact) mass is 434 g/mol. The lowest BCUT2D eigenvalue weighted by Crippen LogP contribution is -2.46. The number of primary amides is 1. The Kier molecular flexibility index (Phi) is 4.64. The van der Waals surface area contributed by atoms with Gasteiger partial charge >= 0.3 is 0 Å². The van der Waals surface area contributed by atoms with E-state index in [4.69, 9.17) is 10.7 Å². The second-order valence-electron chi connectivity index (χ2n) is 9.25. The summed E-state index contributed by atoms with van der Waals surface area (Å²) in [6.07, 6.45) is 7.64. The Labute approximate surface area is 193 Å². The summed E-state index contributed by atoms with van der Waals surface area (Å²) < 4.78 is 0. The zero-order chi connectivity index (χ0) is 22.4. The molecule has 164 valence electrons. The Morgan fingerprint density at radius 3 is 2.39 bits per heavy atom. The van der Waals surface area contributed by atoms with Gasteiger partial charge in [0.25, 0.3) is 0 Å². The number of amides is 1. The van der Waals surface area contributed by atoms with Gasteiger partial charge in [0.05, 0.1) is 28.7 Å². The lowest BCUT2D eigenvalue weighted by Gasteiger charge is -2.39. The van der Waals surface area contributed by atoms with Crippen LogP contribution in [0.25, 0.3) is 33.6 Å². The molecule has 0 unspecified atom stereocenters. The van der Waals surface area contributed by atoms with E-state index in [1.807, 2.05) is 12.3 Å². The van der Waals surface area contributed by atoms with E-state index in [0.717, 1.165) is 83.4 Å². The van der Waals surface area contributed by atoms with E-state index in [1.165, 1.54) is 5.56 Å². The molecule has 1 amide bonds. The van der Waals surface area contributed by atoms with Crippen molar-refractivity contribution in [1.82, 2.24) is 15.2 Å². The Balaban J connectivity index is 1.51. The van der Waals surface area contributed by atoms with Crippen molar-refractivity contribution in [2.75, 3.05) is 0 Å². The van der Waals surface area contributed by atoms with Crippen molar-refractivity contribution >= 4 is 5.91 Å². The zero-order valence-electron chi connectivity index (χ0n) is 18.5. The van der Waals surface area contributed by atoms with Gasteiger partial charge in [0.15, 0.2) is 0 Å². The molecule has 6 rings (SSSR count). The molecule has 2 aliphatic carbocycles. The molecule has 2 aliphatic rings. The number of carbonyl (C=O) groups excluding carboxylic acids is 1. The van der Waals surface area contributed by atoms with Crippen LogP contribution in [0.5, 0.6) is 0 Å². The topological polar surface area (TPSA) is 84.7 Å². The van der Waals surface area contributed by atoms with Crippen molar-refractivity contribution in [3.8, 4) is 33.6 Å². The van der Waals surface area contributed by atoms with Gasteiger partial charge in [-0.3, -0.25) is 14.9 Å². The summed E-state index contributed by atoms with van der Waals surface area (Å²) >= 11 is 0. The van der Waals surface area contributed by atoms with E-state index in [0.29, 0.717) is 0 Å². The molecule has 0 saturated heterocycles. The van der Waals surface area contributed by atoms with E-state index in [1.54, 1.807) is 0 Å². The standard InChI is InChI=1S/C28H26N4O/c29-27(33)28(14-5-15-28)21-12-10-19(11-13-21)25-22(18-6-2-1-3-7-18)16-23-24(31-25)9-4-8-20-17-30-32-26(20)23/h1-3,6-7,10-13,16-17H,4-5,8-9,14-15H2,(H2,29,33)(H,30,32). The van der Waals surface area contributed by atoms with E-state index < -0.39 is 5.41 Å². The van der Waals surface area contributed by atoms with Gasteiger partial charge in [0.2, 0.25) is 5.91 Å². The summed E-state index contributed by atoms with van der Waals surface area (Å²) in [6, 6.07) is 21.0. The molecule has 0 spiro atoms. The number of aryl methyl sites for hydroxylation is 2. The second kappa shape index (κ2) is 7.69. The molecule has 5 nitrogen and oxygen atoms in total. The number of fused-ring (bicyclic) bond motifs is 3. The van der Waals surface area contributed by atoms with Gasteiger partial charge in [0.1, 0.15) is 0 Å². The molecule has 3 N–H and O–H groups in total. The zero-order valence-corrected chi connectivity index (χ0v) is 18.5. The normalized spacial score (nSPS) is 16.2. The Bertz CT molecular complexity index is 1330. The van der Waals surface area contributed by atoms with Gasteiger partial charge in [0, 0.05) is 16.7 Å². The van der Waals surface area contributed by atoms with E-state index in [-0.39, 0.29) is 5.91 Å². The maximum absolute atomic E-state index is 12.2. The average molecular weight is 435 g/mol. The summed E-state index contributed by atoms with van der Waals surface area (Å²) in [5, 5.41) is 7.50. The highest BCUT2D eigenvalue weighted by atomic mass is 16.1. The number of pyridine rings is 1. The molecule has 0 aliphatic heterocycles. The van der Waals surface area contributed by atoms with E-state index in [9.17, 15) is 4.79 Å². The number of rotatable bonds is 4. The second-order valence-corrected chi connectivity index (χ2v) is 9.25. The Hall–Kier alpha value is -3.73. The largest absolute Gasteiger partial charge is 0.369 e. The van der Waals surface area contributed by atoms with E-state index >= 15 is 0 Å². The minimum atomic E-state index is -0.501. The number of H-pyrrole nitrogens is 1. The maximum Gasteiger partial charge on any atom is 0.228 e. The number of hydrogen-bond donors (Lipinski definition) is 2. The first-order chi connectivity index (χ1) is 16.2. The lowest BCUT2D eigenvalue weighted by molar-refractivity contribution is -0.126. The highest BCUT2D eigenvalue weighted by Crippen LogP contribution is 2.44. The number of benzene rings is 2. The van der Waals surface area contributed by atoms with Gasteiger partial charge in [-0.1, -0.05) is 61.0 Å². The van der Waals surface area contributed by atoms with Gasteiger partial charge in [-0.15, -0.1) is 0 Å². The van der Waals surface area contributed by atoms with Crippen LogP contribution in [0.15, 0.2) is 66.9 Å². The number of aromatic amines is 1. The summed E-state index contributed by atoms with van der Waals surface area (Å²) in [4.78, 5) is 17.4. The number of carbonyl (C=O) groups is 1. The molecule has 4 aromatic rings. The fraction of sp³-hybridized carbons (Fsp3) is 0.250. The van der Waals surface area contributed by atoms with Crippen LogP contribution in [0.2, 0.25) is 0 Å². The molecular weight excluding hydrogens is 408 g/mol. The predicted octanol–water partition coefficient (Wildman–Crippen LogP) is 5.20. The van der Waals surface area contributed by atoms with Crippen molar-refractivity contribution in [1.29, 1.82) is 0 Å². The molecule has 2 aromatic heterocycles. The summed E-state index contributed by atoms with van der Waals surface area (Å²) in [7, 11) is 0. The fourth-order valence-corrected chi connectivity index (χ4v) is 5.35. The molecule has 2 aromatic carbocycles. The van der Waals surface area contributed by atoms with Crippen molar-refractivity contribution < 1.29 is 4.79 Å². The number of nitrogens with two attached hydrogens (primary N) is 1. The highest BCUT2D eigenvalue weighted by Gasteiger charge is 2.44. The van der Waals surface area contributed by atoms with Gasteiger partial charge in [-0.25, -0.2) is 0 Å². The first-order valence-electron chi connectivity index (χ1n) is 11.7. The smallest absolute Gasteiger partial charge is 0.228 e.